The van der Waals surface area contributed by atoms with Crippen LogP contribution in [0, 0.1) is 5.82 Å². The number of pyridine rings is 1. The van der Waals surface area contributed by atoms with E-state index in [-0.39, 0.29) is 23.9 Å². The summed E-state index contributed by atoms with van der Waals surface area (Å²) in [6, 6.07) is 18.0. The zero-order valence-corrected chi connectivity index (χ0v) is 17.6. The van der Waals surface area contributed by atoms with Gasteiger partial charge in [-0.15, -0.1) is 0 Å². The van der Waals surface area contributed by atoms with Gasteiger partial charge < -0.3 is 11.1 Å². The van der Waals surface area contributed by atoms with Crippen LogP contribution in [-0.4, -0.2) is 25.9 Å². The summed E-state index contributed by atoms with van der Waals surface area (Å²) in [7, 11) is -3.75. The molecular formula is C22H24FN5O2S. The number of guanidine groups is 1. The molecule has 0 saturated heterocycles. The van der Waals surface area contributed by atoms with Gasteiger partial charge in [0.05, 0.1) is 11.4 Å². The van der Waals surface area contributed by atoms with Crippen LogP contribution >= 0.6 is 0 Å². The summed E-state index contributed by atoms with van der Waals surface area (Å²) >= 11 is 0. The van der Waals surface area contributed by atoms with Crippen LogP contribution in [0.5, 0.6) is 0 Å². The zero-order chi connectivity index (χ0) is 22.1. The standard InChI is InChI=1S/C22H24FN5O2S/c23-19-7-3-5-17(13-19)16-28-31(29,30)21-9-4-6-18(14-21)15-27-22(24)26-12-10-20-8-1-2-11-25-20/h1-9,11,13-14,28H,10,12,15-16H2,(H3,24,26,27). The Morgan fingerprint density at radius 1 is 1.03 bits per heavy atom. The Kier molecular flexibility index (Phi) is 7.69. The smallest absolute Gasteiger partial charge is 0.240 e. The summed E-state index contributed by atoms with van der Waals surface area (Å²) in [6.45, 7) is 0.816. The SMILES string of the molecule is NC(=NCc1cccc(S(=O)(=O)NCc2cccc(F)c2)c1)NCCc1ccccn1. The van der Waals surface area contributed by atoms with Crippen molar-refractivity contribution in [1.82, 2.24) is 15.0 Å². The molecule has 0 fully saturated rings. The molecule has 4 N–H and O–H groups in total. The van der Waals surface area contributed by atoms with E-state index in [1.165, 1.54) is 24.3 Å². The first-order valence-corrected chi connectivity index (χ1v) is 11.2. The average molecular weight is 442 g/mol. The Labute approximate surface area is 181 Å². The highest BCUT2D eigenvalue weighted by Crippen LogP contribution is 2.13. The summed E-state index contributed by atoms with van der Waals surface area (Å²) in [5.41, 5.74) is 8.07. The third-order valence-electron chi connectivity index (χ3n) is 4.41. The predicted octanol–water partition coefficient (Wildman–Crippen LogP) is 2.35. The van der Waals surface area contributed by atoms with E-state index < -0.39 is 15.8 Å². The number of rotatable bonds is 9. The molecule has 7 nitrogen and oxygen atoms in total. The molecule has 0 aliphatic rings. The van der Waals surface area contributed by atoms with Crippen molar-refractivity contribution in [1.29, 1.82) is 0 Å². The lowest BCUT2D eigenvalue weighted by molar-refractivity contribution is 0.580. The van der Waals surface area contributed by atoms with E-state index in [1.54, 1.807) is 30.5 Å². The van der Waals surface area contributed by atoms with Crippen molar-refractivity contribution in [3.63, 3.8) is 0 Å². The molecule has 0 amide bonds. The molecule has 0 saturated carbocycles. The zero-order valence-electron chi connectivity index (χ0n) is 16.8. The topological polar surface area (TPSA) is 109 Å². The molecule has 1 aromatic heterocycles. The van der Waals surface area contributed by atoms with Gasteiger partial charge in [-0.3, -0.25) is 4.98 Å². The van der Waals surface area contributed by atoms with Gasteiger partial charge in [-0.25, -0.2) is 22.5 Å². The van der Waals surface area contributed by atoms with E-state index in [9.17, 15) is 12.8 Å². The van der Waals surface area contributed by atoms with E-state index in [0.717, 1.165) is 5.69 Å². The predicted molar refractivity (Wildman–Crippen MR) is 118 cm³/mol. The Bertz CT molecular complexity index is 1140. The minimum Gasteiger partial charge on any atom is -0.370 e. The summed E-state index contributed by atoms with van der Waals surface area (Å²) in [6.07, 6.45) is 2.45. The lowest BCUT2D eigenvalue weighted by atomic mass is 10.2. The van der Waals surface area contributed by atoms with Crippen molar-refractivity contribution in [3.8, 4) is 0 Å². The molecule has 3 aromatic rings. The fraction of sp³-hybridized carbons (Fsp3) is 0.182. The summed E-state index contributed by atoms with van der Waals surface area (Å²) in [5.74, 6) is -0.142. The third kappa shape index (κ3) is 7.16. The molecule has 31 heavy (non-hydrogen) atoms. The number of aliphatic imine (C=N–C) groups is 1. The second kappa shape index (κ2) is 10.6. The fourth-order valence-corrected chi connectivity index (χ4v) is 3.90. The molecule has 0 spiro atoms. The number of halogens is 1. The van der Waals surface area contributed by atoms with Gasteiger partial charge in [0.1, 0.15) is 5.82 Å². The maximum Gasteiger partial charge on any atom is 0.240 e. The number of nitrogens with two attached hydrogens (primary N) is 1. The third-order valence-corrected chi connectivity index (χ3v) is 5.81. The molecule has 9 heteroatoms. The average Bonchev–Trinajstić information content (AvgIpc) is 2.77. The second-order valence-corrected chi connectivity index (χ2v) is 8.57. The number of aromatic nitrogens is 1. The van der Waals surface area contributed by atoms with Crippen molar-refractivity contribution < 1.29 is 12.8 Å². The van der Waals surface area contributed by atoms with Gasteiger partial charge in [0, 0.05) is 31.4 Å². The quantitative estimate of drug-likeness (QED) is 0.349. The molecular weight excluding hydrogens is 417 g/mol. The van der Waals surface area contributed by atoms with Crippen LogP contribution in [0.4, 0.5) is 4.39 Å². The molecule has 0 aliphatic heterocycles. The normalized spacial score (nSPS) is 12.0. The largest absolute Gasteiger partial charge is 0.370 e. The first-order valence-electron chi connectivity index (χ1n) is 9.69. The Morgan fingerprint density at radius 2 is 1.84 bits per heavy atom. The Morgan fingerprint density at radius 3 is 2.61 bits per heavy atom. The number of nitrogens with one attached hydrogen (secondary N) is 2. The molecule has 162 valence electrons. The van der Waals surface area contributed by atoms with Gasteiger partial charge in [0.2, 0.25) is 10.0 Å². The van der Waals surface area contributed by atoms with Crippen LogP contribution in [0.2, 0.25) is 0 Å². The fourth-order valence-electron chi connectivity index (χ4n) is 2.82. The number of nitrogens with zero attached hydrogens (tertiary/aromatic N) is 2. The Hall–Kier alpha value is -3.30. The van der Waals surface area contributed by atoms with Crippen molar-refractivity contribution in [2.75, 3.05) is 6.54 Å². The van der Waals surface area contributed by atoms with Gasteiger partial charge >= 0.3 is 0 Å². The lowest BCUT2D eigenvalue weighted by Gasteiger charge is -2.09. The Balaban J connectivity index is 1.55. The molecule has 0 bridgehead atoms. The van der Waals surface area contributed by atoms with Crippen molar-refractivity contribution in [3.05, 3.63) is 95.6 Å². The first-order chi connectivity index (χ1) is 14.9. The van der Waals surface area contributed by atoms with Crippen molar-refractivity contribution in [2.24, 2.45) is 10.7 Å². The maximum atomic E-state index is 13.3. The monoisotopic (exact) mass is 441 g/mol. The maximum absolute atomic E-state index is 13.3. The second-order valence-electron chi connectivity index (χ2n) is 6.80. The summed E-state index contributed by atoms with van der Waals surface area (Å²) in [4.78, 5) is 8.61. The molecule has 0 aliphatic carbocycles. The molecule has 0 unspecified atom stereocenters. The van der Waals surface area contributed by atoms with Crippen LogP contribution < -0.4 is 15.8 Å². The van der Waals surface area contributed by atoms with Crippen molar-refractivity contribution in [2.45, 2.75) is 24.4 Å². The summed E-state index contributed by atoms with van der Waals surface area (Å²) in [5, 5.41) is 3.02. The van der Waals surface area contributed by atoms with Crippen LogP contribution in [0.15, 0.2) is 82.8 Å². The molecule has 3 rings (SSSR count). The minimum atomic E-state index is -3.75. The molecule has 1 heterocycles. The number of benzene rings is 2. The molecule has 0 atom stereocenters. The highest BCUT2D eigenvalue weighted by Gasteiger charge is 2.14. The van der Waals surface area contributed by atoms with Gasteiger partial charge in [-0.2, -0.15) is 0 Å². The van der Waals surface area contributed by atoms with Crippen LogP contribution in [-0.2, 0) is 29.5 Å². The van der Waals surface area contributed by atoms with E-state index in [4.69, 9.17) is 5.73 Å². The van der Waals surface area contributed by atoms with E-state index >= 15 is 0 Å². The lowest BCUT2D eigenvalue weighted by Crippen LogP contribution is -2.33. The first kappa shape index (κ1) is 22.4. The number of sulfonamides is 1. The minimum absolute atomic E-state index is 0.00435. The van der Waals surface area contributed by atoms with Gasteiger partial charge in [-0.05, 0) is 47.5 Å². The van der Waals surface area contributed by atoms with Crippen LogP contribution in [0.3, 0.4) is 0 Å². The summed E-state index contributed by atoms with van der Waals surface area (Å²) < 4.78 is 40.9. The highest BCUT2D eigenvalue weighted by molar-refractivity contribution is 7.89. The van der Waals surface area contributed by atoms with Crippen LogP contribution in [0.25, 0.3) is 0 Å². The van der Waals surface area contributed by atoms with E-state index in [2.05, 4.69) is 20.0 Å². The highest BCUT2D eigenvalue weighted by atomic mass is 32.2. The van der Waals surface area contributed by atoms with Crippen molar-refractivity contribution >= 4 is 16.0 Å². The van der Waals surface area contributed by atoms with E-state index in [0.29, 0.717) is 24.1 Å². The van der Waals surface area contributed by atoms with Gasteiger partial charge in [0.15, 0.2) is 5.96 Å². The molecule has 2 aromatic carbocycles. The van der Waals surface area contributed by atoms with Gasteiger partial charge in [-0.1, -0.05) is 30.3 Å². The van der Waals surface area contributed by atoms with E-state index in [1.807, 2.05) is 18.2 Å². The number of hydrogen-bond acceptors (Lipinski definition) is 4. The van der Waals surface area contributed by atoms with Crippen LogP contribution in [0.1, 0.15) is 16.8 Å². The van der Waals surface area contributed by atoms with Gasteiger partial charge in [0.25, 0.3) is 0 Å². The number of hydrogen-bond donors (Lipinski definition) is 3. The molecule has 0 radical (unpaired) electrons.